The van der Waals surface area contributed by atoms with Crippen molar-refractivity contribution in [1.82, 2.24) is 0 Å². The predicted molar refractivity (Wildman–Crippen MR) is 87.3 cm³/mol. The van der Waals surface area contributed by atoms with Crippen LogP contribution in [0.4, 0.5) is 5.69 Å². The van der Waals surface area contributed by atoms with Crippen LogP contribution < -0.4 is 5.32 Å². The Bertz CT molecular complexity index is 719. The number of rotatable bonds is 4. The molecule has 1 N–H and O–H groups in total. The van der Waals surface area contributed by atoms with E-state index in [1.165, 1.54) is 6.92 Å². The molecule has 0 saturated carbocycles. The maximum atomic E-state index is 11.5. The third kappa shape index (κ3) is 3.71. The minimum absolute atomic E-state index is 0.0161. The maximum Gasteiger partial charge on any atom is 0.159 e. The molecular formula is C17H15BrN2O. The van der Waals surface area contributed by atoms with Crippen LogP contribution in [0.2, 0.25) is 0 Å². The molecule has 0 aliphatic heterocycles. The van der Waals surface area contributed by atoms with E-state index in [0.717, 1.165) is 10.0 Å². The summed E-state index contributed by atoms with van der Waals surface area (Å²) in [5.74, 6) is -0.0161. The third-order valence-electron chi connectivity index (χ3n) is 3.27. The number of carbonyl (C=O) groups excluding carboxylic acids is 1. The number of carbonyl (C=O) groups is 1. The Labute approximate surface area is 132 Å². The summed E-state index contributed by atoms with van der Waals surface area (Å²) in [6.07, 6.45) is 0. The van der Waals surface area contributed by atoms with Crippen molar-refractivity contribution in [3.8, 4) is 6.07 Å². The fourth-order valence-electron chi connectivity index (χ4n) is 2.07. The molecule has 0 aliphatic rings. The van der Waals surface area contributed by atoms with Gasteiger partial charge in [-0.15, -0.1) is 0 Å². The van der Waals surface area contributed by atoms with E-state index in [2.05, 4.69) is 27.3 Å². The molecule has 106 valence electrons. The second-order valence-electron chi connectivity index (χ2n) is 4.85. The van der Waals surface area contributed by atoms with Crippen LogP contribution in [0.1, 0.15) is 41.4 Å². The number of nitrogens with one attached hydrogen (secondary N) is 1. The zero-order chi connectivity index (χ0) is 15.4. The van der Waals surface area contributed by atoms with Crippen LogP contribution >= 0.6 is 15.9 Å². The standard InChI is InChI=1S/C17H15BrN2O/c1-11(13-4-3-5-16(18)8-13)20-17-9-14(12(2)21)6-7-15(17)10-19/h3-9,11,20H,1-2H3. The lowest BCUT2D eigenvalue weighted by atomic mass is 10.0. The van der Waals surface area contributed by atoms with Crippen molar-refractivity contribution in [2.75, 3.05) is 5.32 Å². The number of hydrogen-bond acceptors (Lipinski definition) is 3. The lowest BCUT2D eigenvalue weighted by molar-refractivity contribution is 0.101. The van der Waals surface area contributed by atoms with Gasteiger partial charge in [0.2, 0.25) is 0 Å². The average molecular weight is 343 g/mol. The highest BCUT2D eigenvalue weighted by atomic mass is 79.9. The van der Waals surface area contributed by atoms with Crippen LogP contribution in [-0.2, 0) is 0 Å². The molecule has 4 heteroatoms. The Hall–Kier alpha value is -2.12. The summed E-state index contributed by atoms with van der Waals surface area (Å²) >= 11 is 3.45. The van der Waals surface area contributed by atoms with E-state index in [-0.39, 0.29) is 11.8 Å². The van der Waals surface area contributed by atoms with Gasteiger partial charge in [-0.1, -0.05) is 28.1 Å². The predicted octanol–water partition coefficient (Wildman–Crippen LogP) is 4.70. The first-order valence-electron chi connectivity index (χ1n) is 6.58. The summed E-state index contributed by atoms with van der Waals surface area (Å²) in [6.45, 7) is 3.53. The molecule has 2 rings (SSSR count). The second kappa shape index (κ2) is 6.55. The van der Waals surface area contributed by atoms with Gasteiger partial charge in [-0.3, -0.25) is 4.79 Å². The van der Waals surface area contributed by atoms with E-state index in [4.69, 9.17) is 0 Å². The monoisotopic (exact) mass is 342 g/mol. The zero-order valence-corrected chi connectivity index (χ0v) is 13.4. The van der Waals surface area contributed by atoms with E-state index < -0.39 is 0 Å². The maximum absolute atomic E-state index is 11.5. The Morgan fingerprint density at radius 3 is 2.67 bits per heavy atom. The minimum atomic E-state index is -0.0161. The molecule has 0 spiro atoms. The number of ketones is 1. The number of Topliss-reactive ketones (excluding diaryl/α,β-unsaturated/α-hetero) is 1. The van der Waals surface area contributed by atoms with Gasteiger partial charge in [0.1, 0.15) is 6.07 Å². The Balaban J connectivity index is 2.32. The molecule has 0 fully saturated rings. The van der Waals surface area contributed by atoms with Crippen molar-refractivity contribution >= 4 is 27.4 Å². The van der Waals surface area contributed by atoms with Crippen molar-refractivity contribution in [1.29, 1.82) is 5.26 Å². The summed E-state index contributed by atoms with van der Waals surface area (Å²) < 4.78 is 1.01. The molecule has 2 aromatic rings. The van der Waals surface area contributed by atoms with Crippen molar-refractivity contribution in [3.05, 3.63) is 63.6 Å². The highest BCUT2D eigenvalue weighted by molar-refractivity contribution is 9.10. The molecule has 0 radical (unpaired) electrons. The van der Waals surface area contributed by atoms with Gasteiger partial charge in [-0.25, -0.2) is 0 Å². The second-order valence-corrected chi connectivity index (χ2v) is 5.77. The summed E-state index contributed by atoms with van der Waals surface area (Å²) in [7, 11) is 0. The molecular weight excluding hydrogens is 328 g/mol. The summed E-state index contributed by atoms with van der Waals surface area (Å²) in [5.41, 5.74) is 2.90. The minimum Gasteiger partial charge on any atom is -0.377 e. The molecule has 0 aliphatic carbocycles. The van der Waals surface area contributed by atoms with Gasteiger partial charge < -0.3 is 5.32 Å². The fourth-order valence-corrected chi connectivity index (χ4v) is 2.49. The Morgan fingerprint density at radius 2 is 2.05 bits per heavy atom. The van der Waals surface area contributed by atoms with Gasteiger partial charge in [-0.05, 0) is 49.7 Å². The SMILES string of the molecule is CC(=O)c1ccc(C#N)c(NC(C)c2cccc(Br)c2)c1. The average Bonchev–Trinajstić information content (AvgIpc) is 2.47. The van der Waals surface area contributed by atoms with E-state index in [1.807, 2.05) is 31.2 Å². The zero-order valence-electron chi connectivity index (χ0n) is 11.9. The van der Waals surface area contributed by atoms with Gasteiger partial charge in [0.15, 0.2) is 5.78 Å². The van der Waals surface area contributed by atoms with Gasteiger partial charge in [0.05, 0.1) is 11.3 Å². The largest absolute Gasteiger partial charge is 0.377 e. The fraction of sp³-hybridized carbons (Fsp3) is 0.176. The van der Waals surface area contributed by atoms with Crippen LogP contribution in [0.25, 0.3) is 0 Å². The molecule has 2 aromatic carbocycles. The first-order valence-corrected chi connectivity index (χ1v) is 7.37. The molecule has 0 heterocycles. The van der Waals surface area contributed by atoms with Crippen molar-refractivity contribution < 1.29 is 4.79 Å². The molecule has 3 nitrogen and oxygen atoms in total. The van der Waals surface area contributed by atoms with E-state index >= 15 is 0 Å². The lowest BCUT2D eigenvalue weighted by Gasteiger charge is -2.17. The number of nitriles is 1. The summed E-state index contributed by atoms with van der Waals surface area (Å²) in [5, 5.41) is 12.5. The van der Waals surface area contributed by atoms with Crippen molar-refractivity contribution in [2.24, 2.45) is 0 Å². The first kappa shape index (κ1) is 15.3. The van der Waals surface area contributed by atoms with Crippen LogP contribution in [0.15, 0.2) is 46.9 Å². The number of benzene rings is 2. The normalized spacial score (nSPS) is 11.5. The van der Waals surface area contributed by atoms with E-state index in [9.17, 15) is 10.1 Å². The van der Waals surface area contributed by atoms with E-state index in [1.54, 1.807) is 18.2 Å². The summed E-state index contributed by atoms with van der Waals surface area (Å²) in [6, 6.07) is 15.2. The Kier molecular flexibility index (Phi) is 4.77. The van der Waals surface area contributed by atoms with Gasteiger partial charge in [0, 0.05) is 16.1 Å². The molecule has 1 atom stereocenters. The highest BCUT2D eigenvalue weighted by Crippen LogP contribution is 2.25. The smallest absolute Gasteiger partial charge is 0.159 e. The van der Waals surface area contributed by atoms with Crippen LogP contribution in [0.5, 0.6) is 0 Å². The van der Waals surface area contributed by atoms with Crippen LogP contribution in [0.3, 0.4) is 0 Å². The van der Waals surface area contributed by atoms with Crippen molar-refractivity contribution in [2.45, 2.75) is 19.9 Å². The Morgan fingerprint density at radius 1 is 1.29 bits per heavy atom. The number of anilines is 1. The van der Waals surface area contributed by atoms with E-state index in [0.29, 0.717) is 16.8 Å². The number of hydrogen-bond donors (Lipinski definition) is 1. The molecule has 0 bridgehead atoms. The van der Waals surface area contributed by atoms with Gasteiger partial charge in [0.25, 0.3) is 0 Å². The van der Waals surface area contributed by atoms with Crippen LogP contribution in [-0.4, -0.2) is 5.78 Å². The quantitative estimate of drug-likeness (QED) is 0.819. The highest BCUT2D eigenvalue weighted by Gasteiger charge is 2.11. The molecule has 1 unspecified atom stereocenters. The first-order chi connectivity index (χ1) is 10.0. The lowest BCUT2D eigenvalue weighted by Crippen LogP contribution is -2.08. The van der Waals surface area contributed by atoms with Gasteiger partial charge >= 0.3 is 0 Å². The molecule has 0 amide bonds. The van der Waals surface area contributed by atoms with Crippen LogP contribution in [0, 0.1) is 11.3 Å². The molecule has 0 aromatic heterocycles. The number of nitrogens with zero attached hydrogens (tertiary/aromatic N) is 1. The third-order valence-corrected chi connectivity index (χ3v) is 3.76. The van der Waals surface area contributed by atoms with Crippen molar-refractivity contribution in [3.63, 3.8) is 0 Å². The topological polar surface area (TPSA) is 52.9 Å². The molecule has 21 heavy (non-hydrogen) atoms. The van der Waals surface area contributed by atoms with Gasteiger partial charge in [-0.2, -0.15) is 5.26 Å². The summed E-state index contributed by atoms with van der Waals surface area (Å²) in [4.78, 5) is 11.5. The number of halogens is 1. The molecule has 0 saturated heterocycles.